The van der Waals surface area contributed by atoms with Gasteiger partial charge in [-0.05, 0) is 31.5 Å². The fourth-order valence-corrected chi connectivity index (χ4v) is 2.68. The number of carbonyl (C=O) groups excluding carboxylic acids is 2. The summed E-state index contributed by atoms with van der Waals surface area (Å²) < 4.78 is 10.4. The molecule has 0 unspecified atom stereocenters. The molecule has 0 aliphatic carbocycles. The monoisotopic (exact) mass is 365 g/mol. The van der Waals surface area contributed by atoms with Gasteiger partial charge in [0.15, 0.2) is 12.0 Å². The Balaban J connectivity index is 1.64. The predicted octanol–water partition coefficient (Wildman–Crippen LogP) is 3.14. The molecule has 0 aliphatic rings. The molecule has 3 rings (SSSR count). The molecule has 27 heavy (non-hydrogen) atoms. The lowest BCUT2D eigenvalue weighted by Gasteiger charge is -2.14. The van der Waals surface area contributed by atoms with Gasteiger partial charge in [-0.15, -0.1) is 0 Å². The fraction of sp³-hybridized carbons (Fsp3) is 0.190. The van der Waals surface area contributed by atoms with Crippen LogP contribution in [0, 0.1) is 6.92 Å². The Bertz CT molecular complexity index is 1040. The Hall–Kier alpha value is -3.41. The highest BCUT2D eigenvalue weighted by molar-refractivity contribution is 5.90. The van der Waals surface area contributed by atoms with Gasteiger partial charge in [-0.25, -0.2) is 4.79 Å². The maximum absolute atomic E-state index is 12.1. The zero-order valence-corrected chi connectivity index (χ0v) is 15.0. The highest BCUT2D eigenvalue weighted by Gasteiger charge is 2.16. The van der Waals surface area contributed by atoms with Gasteiger partial charge in [-0.1, -0.05) is 42.0 Å². The van der Waals surface area contributed by atoms with Crippen molar-refractivity contribution in [3.8, 4) is 0 Å². The third-order valence-electron chi connectivity index (χ3n) is 4.10. The minimum atomic E-state index is -0.864. The lowest BCUT2D eigenvalue weighted by atomic mass is 10.1. The number of hydrogen-bond acceptors (Lipinski definition) is 5. The average molecular weight is 365 g/mol. The van der Waals surface area contributed by atoms with Crippen LogP contribution in [-0.4, -0.2) is 18.5 Å². The van der Waals surface area contributed by atoms with Crippen LogP contribution in [-0.2, 0) is 9.53 Å². The van der Waals surface area contributed by atoms with Crippen LogP contribution >= 0.6 is 0 Å². The summed E-state index contributed by atoms with van der Waals surface area (Å²) in [6, 6.07) is 15.4. The highest BCUT2D eigenvalue weighted by atomic mass is 16.5. The molecular formula is C21H19NO5. The molecule has 1 heterocycles. The van der Waals surface area contributed by atoms with Gasteiger partial charge < -0.3 is 14.5 Å². The molecule has 1 aromatic heterocycles. The number of amides is 1. The molecule has 0 spiro atoms. The van der Waals surface area contributed by atoms with E-state index in [1.165, 1.54) is 0 Å². The number of carbonyl (C=O) groups is 2. The van der Waals surface area contributed by atoms with Crippen molar-refractivity contribution in [2.45, 2.75) is 19.9 Å². The molecule has 6 heteroatoms. The Morgan fingerprint density at radius 2 is 1.85 bits per heavy atom. The molecule has 1 N–H and O–H groups in total. The first-order valence-corrected chi connectivity index (χ1v) is 8.50. The molecule has 3 aromatic rings. The lowest BCUT2D eigenvalue weighted by molar-refractivity contribution is -0.124. The lowest BCUT2D eigenvalue weighted by Crippen LogP contribution is -2.31. The molecule has 6 nitrogen and oxygen atoms in total. The first-order chi connectivity index (χ1) is 12.9. The van der Waals surface area contributed by atoms with Crippen LogP contribution in [0.1, 0.15) is 34.6 Å². The van der Waals surface area contributed by atoms with Gasteiger partial charge in [-0.3, -0.25) is 9.59 Å². The van der Waals surface area contributed by atoms with Gasteiger partial charge in [0.2, 0.25) is 5.76 Å². The van der Waals surface area contributed by atoms with E-state index >= 15 is 0 Å². The average Bonchev–Trinajstić information content (AvgIpc) is 2.67. The molecule has 0 aliphatic heterocycles. The minimum Gasteiger partial charge on any atom is -0.450 e. The van der Waals surface area contributed by atoms with Crippen LogP contribution < -0.4 is 10.7 Å². The fourth-order valence-electron chi connectivity index (χ4n) is 2.68. The molecule has 0 saturated heterocycles. The van der Waals surface area contributed by atoms with Gasteiger partial charge in [0.1, 0.15) is 5.58 Å². The van der Waals surface area contributed by atoms with E-state index in [2.05, 4.69) is 5.32 Å². The maximum Gasteiger partial charge on any atom is 0.374 e. The Kier molecular flexibility index (Phi) is 5.35. The van der Waals surface area contributed by atoms with E-state index in [1.807, 2.05) is 44.2 Å². The van der Waals surface area contributed by atoms with E-state index in [4.69, 9.17) is 9.15 Å². The second-order valence-corrected chi connectivity index (χ2v) is 6.25. The summed E-state index contributed by atoms with van der Waals surface area (Å²) in [6.07, 6.45) is 0. The number of benzene rings is 2. The molecule has 0 radical (unpaired) electrons. The molecular weight excluding hydrogens is 346 g/mol. The van der Waals surface area contributed by atoms with Crippen molar-refractivity contribution in [1.29, 1.82) is 0 Å². The zero-order valence-electron chi connectivity index (χ0n) is 15.0. The van der Waals surface area contributed by atoms with Crippen LogP contribution in [0.15, 0.2) is 63.8 Å². The standard InChI is InChI=1S/C21H19NO5/c1-13-8-9-18-16(10-13)17(23)11-19(27-18)21(25)26-12-20(24)22-14(2)15-6-4-3-5-7-15/h3-11,14H,12H2,1-2H3,(H,22,24)/t14-/m1/s1. The van der Waals surface area contributed by atoms with Crippen molar-refractivity contribution in [3.05, 3.63) is 81.7 Å². The Labute approximate surface area is 155 Å². The number of hydrogen-bond donors (Lipinski definition) is 1. The van der Waals surface area contributed by atoms with Gasteiger partial charge >= 0.3 is 5.97 Å². The van der Waals surface area contributed by atoms with E-state index in [9.17, 15) is 14.4 Å². The highest BCUT2D eigenvalue weighted by Crippen LogP contribution is 2.15. The van der Waals surface area contributed by atoms with E-state index in [0.29, 0.717) is 11.0 Å². The molecule has 2 aromatic carbocycles. The normalized spacial score (nSPS) is 11.8. The largest absolute Gasteiger partial charge is 0.450 e. The summed E-state index contributed by atoms with van der Waals surface area (Å²) in [5.41, 5.74) is 1.80. The number of esters is 1. The molecule has 138 valence electrons. The molecule has 0 fully saturated rings. The quantitative estimate of drug-likeness (QED) is 0.702. The first-order valence-electron chi connectivity index (χ1n) is 8.50. The third-order valence-corrected chi connectivity index (χ3v) is 4.10. The van der Waals surface area contributed by atoms with Crippen LogP contribution in [0.25, 0.3) is 11.0 Å². The first kappa shape index (κ1) is 18.4. The van der Waals surface area contributed by atoms with Crippen molar-refractivity contribution in [2.24, 2.45) is 0 Å². The second-order valence-electron chi connectivity index (χ2n) is 6.25. The Morgan fingerprint density at radius 1 is 1.11 bits per heavy atom. The summed E-state index contributed by atoms with van der Waals surface area (Å²) in [5, 5.41) is 3.13. The van der Waals surface area contributed by atoms with E-state index in [0.717, 1.165) is 17.2 Å². The van der Waals surface area contributed by atoms with Crippen molar-refractivity contribution in [1.82, 2.24) is 5.32 Å². The summed E-state index contributed by atoms with van der Waals surface area (Å²) in [7, 11) is 0. The van der Waals surface area contributed by atoms with E-state index in [-0.39, 0.29) is 17.2 Å². The summed E-state index contributed by atoms with van der Waals surface area (Å²) in [4.78, 5) is 36.3. The van der Waals surface area contributed by atoms with Crippen LogP contribution in [0.5, 0.6) is 0 Å². The minimum absolute atomic E-state index is 0.223. The second kappa shape index (κ2) is 7.86. The van der Waals surface area contributed by atoms with Gasteiger partial charge in [0.05, 0.1) is 11.4 Å². The summed E-state index contributed by atoms with van der Waals surface area (Å²) in [6.45, 7) is 3.22. The van der Waals surface area contributed by atoms with Gasteiger partial charge in [0, 0.05) is 6.07 Å². The number of nitrogens with one attached hydrogen (secondary N) is 1. The summed E-state index contributed by atoms with van der Waals surface area (Å²) in [5.74, 6) is -1.55. The van der Waals surface area contributed by atoms with E-state index in [1.54, 1.807) is 18.2 Å². The molecule has 1 atom stereocenters. The van der Waals surface area contributed by atoms with Crippen LogP contribution in [0.2, 0.25) is 0 Å². The number of aryl methyl sites for hydroxylation is 1. The summed E-state index contributed by atoms with van der Waals surface area (Å²) >= 11 is 0. The SMILES string of the molecule is Cc1ccc2oc(C(=O)OCC(=O)N[C@H](C)c3ccccc3)cc(=O)c2c1. The maximum atomic E-state index is 12.1. The number of fused-ring (bicyclic) bond motifs is 1. The predicted molar refractivity (Wildman–Crippen MR) is 101 cm³/mol. The van der Waals surface area contributed by atoms with Crippen molar-refractivity contribution in [3.63, 3.8) is 0 Å². The topological polar surface area (TPSA) is 85.6 Å². The van der Waals surface area contributed by atoms with Gasteiger partial charge in [0.25, 0.3) is 5.91 Å². The van der Waals surface area contributed by atoms with Crippen molar-refractivity contribution >= 4 is 22.8 Å². The van der Waals surface area contributed by atoms with Crippen molar-refractivity contribution < 1.29 is 18.7 Å². The van der Waals surface area contributed by atoms with Crippen LogP contribution in [0.4, 0.5) is 0 Å². The molecule has 1 amide bonds. The Morgan fingerprint density at radius 3 is 2.59 bits per heavy atom. The van der Waals surface area contributed by atoms with Crippen molar-refractivity contribution in [2.75, 3.05) is 6.61 Å². The van der Waals surface area contributed by atoms with E-state index < -0.39 is 18.5 Å². The molecule has 0 bridgehead atoms. The third kappa shape index (κ3) is 4.41. The smallest absolute Gasteiger partial charge is 0.374 e. The van der Waals surface area contributed by atoms with Crippen LogP contribution in [0.3, 0.4) is 0 Å². The number of ether oxygens (including phenoxy) is 1. The number of rotatable bonds is 5. The molecule has 0 saturated carbocycles. The van der Waals surface area contributed by atoms with Gasteiger partial charge in [-0.2, -0.15) is 0 Å². The zero-order chi connectivity index (χ0) is 19.4.